The Kier molecular flexibility index (Phi) is 5.27. The van der Waals surface area contributed by atoms with Crippen molar-refractivity contribution in [3.63, 3.8) is 0 Å². The number of fused-ring (bicyclic) bond motifs is 1. The Bertz CT molecular complexity index is 1320. The van der Waals surface area contributed by atoms with E-state index in [2.05, 4.69) is 31.3 Å². The summed E-state index contributed by atoms with van der Waals surface area (Å²) in [6.07, 6.45) is 7.19. The number of pyridine rings is 2. The number of benzene rings is 1. The molecule has 4 heterocycles. The van der Waals surface area contributed by atoms with Gasteiger partial charge in [0, 0.05) is 42.2 Å². The topological polar surface area (TPSA) is 96.2 Å². The van der Waals surface area contributed by atoms with E-state index in [9.17, 15) is 10.0 Å². The van der Waals surface area contributed by atoms with E-state index in [4.69, 9.17) is 0 Å². The molecule has 1 fully saturated rings. The zero-order chi connectivity index (χ0) is 23.0. The standard InChI is InChI=1S/C24H25N7O2/c1-29-16-21(15-27-29)17-3-4-19-14-26-22(12-20(19)11-17)28-24(32)18-5-6-25-23(13-18)30-7-9-31(2,33)10-8-30/h3-6,11-16,33H,7-10H2,1-2H3/p+1. The van der Waals surface area contributed by atoms with Crippen molar-refractivity contribution >= 4 is 28.3 Å². The summed E-state index contributed by atoms with van der Waals surface area (Å²) in [5, 5.41) is 19.2. The van der Waals surface area contributed by atoms with Gasteiger partial charge in [0.2, 0.25) is 0 Å². The van der Waals surface area contributed by atoms with Gasteiger partial charge in [-0.3, -0.25) is 9.48 Å². The number of piperazine rings is 1. The van der Waals surface area contributed by atoms with Gasteiger partial charge >= 0.3 is 0 Å². The second kappa shape index (κ2) is 8.27. The second-order valence-electron chi connectivity index (χ2n) is 8.66. The predicted molar refractivity (Wildman–Crippen MR) is 126 cm³/mol. The third-order valence-corrected chi connectivity index (χ3v) is 6.04. The van der Waals surface area contributed by atoms with Crippen LogP contribution in [0.15, 0.2) is 61.2 Å². The highest BCUT2D eigenvalue weighted by Crippen LogP contribution is 2.25. The number of amides is 1. The van der Waals surface area contributed by atoms with Gasteiger partial charge in [-0.15, -0.1) is 0 Å². The summed E-state index contributed by atoms with van der Waals surface area (Å²) in [6.45, 7) is 2.58. The fourth-order valence-corrected chi connectivity index (χ4v) is 4.01. The maximum absolute atomic E-state index is 12.9. The third kappa shape index (κ3) is 4.55. The molecule has 9 heteroatoms. The molecular weight excluding hydrogens is 418 g/mol. The van der Waals surface area contributed by atoms with Crippen molar-refractivity contribution in [1.29, 1.82) is 0 Å². The van der Waals surface area contributed by atoms with Crippen LogP contribution in [0.4, 0.5) is 11.6 Å². The van der Waals surface area contributed by atoms with Gasteiger partial charge in [-0.2, -0.15) is 9.75 Å². The first-order valence-corrected chi connectivity index (χ1v) is 10.8. The van der Waals surface area contributed by atoms with Gasteiger partial charge < -0.3 is 10.2 Å². The summed E-state index contributed by atoms with van der Waals surface area (Å²) in [7, 11) is 3.69. The number of hydroxylamine groups is 3. The maximum atomic E-state index is 12.9. The Morgan fingerprint density at radius 1 is 1.03 bits per heavy atom. The third-order valence-electron chi connectivity index (χ3n) is 6.04. The summed E-state index contributed by atoms with van der Waals surface area (Å²) in [4.78, 5) is 23.8. The highest BCUT2D eigenvalue weighted by Gasteiger charge is 2.28. The van der Waals surface area contributed by atoms with E-state index in [0.717, 1.165) is 27.7 Å². The lowest BCUT2D eigenvalue weighted by Gasteiger charge is -2.36. The van der Waals surface area contributed by atoms with Crippen LogP contribution in [0.5, 0.6) is 0 Å². The summed E-state index contributed by atoms with van der Waals surface area (Å²) in [5.74, 6) is 0.976. The van der Waals surface area contributed by atoms with Crippen LogP contribution in [0, 0.1) is 0 Å². The van der Waals surface area contributed by atoms with E-state index >= 15 is 0 Å². The van der Waals surface area contributed by atoms with Crippen molar-refractivity contribution in [3.8, 4) is 11.1 Å². The van der Waals surface area contributed by atoms with E-state index in [1.54, 1.807) is 36.3 Å². The number of hydrogen-bond donors (Lipinski definition) is 2. The molecule has 9 nitrogen and oxygen atoms in total. The van der Waals surface area contributed by atoms with Crippen LogP contribution >= 0.6 is 0 Å². The van der Waals surface area contributed by atoms with Gasteiger partial charge in [-0.1, -0.05) is 12.1 Å². The summed E-state index contributed by atoms with van der Waals surface area (Å²) in [6, 6.07) is 11.5. The van der Waals surface area contributed by atoms with Crippen LogP contribution in [0.1, 0.15) is 10.4 Å². The molecule has 0 radical (unpaired) electrons. The van der Waals surface area contributed by atoms with Crippen molar-refractivity contribution < 1.29 is 14.6 Å². The molecule has 1 aromatic carbocycles. The van der Waals surface area contributed by atoms with E-state index in [-0.39, 0.29) is 10.6 Å². The average molecular weight is 445 g/mol. The number of likely N-dealkylation sites (N-methyl/N-ethyl adjacent to an activating group) is 1. The maximum Gasteiger partial charge on any atom is 0.257 e. The second-order valence-corrected chi connectivity index (χ2v) is 8.66. The van der Waals surface area contributed by atoms with Crippen LogP contribution < -0.4 is 10.2 Å². The Morgan fingerprint density at radius 2 is 1.85 bits per heavy atom. The van der Waals surface area contributed by atoms with Crippen LogP contribution in [0.2, 0.25) is 0 Å². The zero-order valence-corrected chi connectivity index (χ0v) is 18.6. The molecular formula is C24H26N7O2+. The van der Waals surface area contributed by atoms with Gasteiger partial charge in [0.1, 0.15) is 24.7 Å². The summed E-state index contributed by atoms with van der Waals surface area (Å²) >= 11 is 0. The molecule has 168 valence electrons. The number of rotatable bonds is 4. The molecule has 0 aliphatic carbocycles. The molecule has 4 aromatic rings. The smallest absolute Gasteiger partial charge is 0.257 e. The number of aryl methyl sites for hydroxylation is 1. The summed E-state index contributed by atoms with van der Waals surface area (Å²) in [5.41, 5.74) is 2.60. The van der Waals surface area contributed by atoms with Crippen molar-refractivity contribution in [3.05, 3.63) is 66.7 Å². The van der Waals surface area contributed by atoms with Crippen LogP contribution in [0.3, 0.4) is 0 Å². The molecule has 33 heavy (non-hydrogen) atoms. The van der Waals surface area contributed by atoms with E-state index in [1.807, 2.05) is 37.6 Å². The monoisotopic (exact) mass is 444 g/mol. The fourth-order valence-electron chi connectivity index (χ4n) is 4.01. The Hall–Kier alpha value is -3.82. The Balaban J connectivity index is 1.34. The highest BCUT2D eigenvalue weighted by atomic mass is 16.5. The van der Waals surface area contributed by atoms with Gasteiger partial charge in [-0.05, 0) is 35.2 Å². The number of carbonyl (C=O) groups is 1. The van der Waals surface area contributed by atoms with Crippen molar-refractivity contribution in [2.75, 3.05) is 43.4 Å². The number of aromatic nitrogens is 4. The molecule has 0 bridgehead atoms. The van der Waals surface area contributed by atoms with Gasteiger partial charge in [0.25, 0.3) is 5.91 Å². The van der Waals surface area contributed by atoms with Crippen LogP contribution in [-0.2, 0) is 7.05 Å². The molecule has 0 spiro atoms. The van der Waals surface area contributed by atoms with Crippen LogP contribution in [-0.4, -0.2) is 68.7 Å². The van der Waals surface area contributed by atoms with Crippen molar-refractivity contribution in [1.82, 2.24) is 19.7 Å². The Labute approximate surface area is 191 Å². The number of anilines is 2. The molecule has 0 saturated carbocycles. The minimum atomic E-state index is -0.242. The lowest BCUT2D eigenvalue weighted by Crippen LogP contribution is -2.55. The largest absolute Gasteiger partial charge is 0.345 e. The first-order valence-electron chi connectivity index (χ1n) is 10.8. The number of nitrogens with zero attached hydrogens (tertiary/aromatic N) is 6. The van der Waals surface area contributed by atoms with Crippen molar-refractivity contribution in [2.24, 2.45) is 7.05 Å². The van der Waals surface area contributed by atoms with Gasteiger partial charge in [0.15, 0.2) is 0 Å². The number of quaternary nitrogens is 1. The minimum Gasteiger partial charge on any atom is -0.345 e. The normalized spacial score (nSPS) is 15.5. The number of hydrogen-bond acceptors (Lipinski definition) is 6. The number of carbonyl (C=O) groups excluding carboxylic acids is 1. The average Bonchev–Trinajstić information content (AvgIpc) is 3.25. The first-order chi connectivity index (χ1) is 15.9. The lowest BCUT2D eigenvalue weighted by molar-refractivity contribution is -1.09. The molecule has 1 amide bonds. The first kappa shape index (κ1) is 21.0. The molecule has 1 saturated heterocycles. The molecule has 1 aliphatic heterocycles. The van der Waals surface area contributed by atoms with E-state index in [0.29, 0.717) is 37.6 Å². The van der Waals surface area contributed by atoms with E-state index in [1.165, 1.54) is 0 Å². The predicted octanol–water partition coefficient (Wildman–Crippen LogP) is 2.94. The lowest BCUT2D eigenvalue weighted by atomic mass is 10.1. The van der Waals surface area contributed by atoms with Crippen molar-refractivity contribution in [2.45, 2.75) is 0 Å². The highest BCUT2D eigenvalue weighted by molar-refractivity contribution is 6.05. The Morgan fingerprint density at radius 3 is 2.61 bits per heavy atom. The SMILES string of the molecule is Cn1cc(-c2ccc3cnc(NC(=O)c4ccnc(N5CC[N+](C)(O)CC5)c4)cc3c2)cn1. The van der Waals surface area contributed by atoms with E-state index < -0.39 is 0 Å². The molecule has 2 N–H and O–H groups in total. The van der Waals surface area contributed by atoms with Gasteiger partial charge in [-0.25, -0.2) is 15.2 Å². The fraction of sp³-hybridized carbons (Fsp3) is 0.250. The number of nitrogens with one attached hydrogen (secondary N) is 1. The molecule has 5 rings (SSSR count). The zero-order valence-electron chi connectivity index (χ0n) is 18.6. The molecule has 0 unspecified atom stereocenters. The van der Waals surface area contributed by atoms with Crippen LogP contribution in [0.25, 0.3) is 21.9 Å². The molecule has 3 aromatic heterocycles. The molecule has 1 aliphatic rings. The minimum absolute atomic E-state index is 0.00675. The van der Waals surface area contributed by atoms with Gasteiger partial charge in [0.05, 0.1) is 26.3 Å². The molecule has 0 atom stereocenters. The quantitative estimate of drug-likeness (QED) is 0.470. The summed E-state index contributed by atoms with van der Waals surface area (Å²) < 4.78 is 1.78.